The Bertz CT molecular complexity index is 78.6. The van der Waals surface area contributed by atoms with Gasteiger partial charge in [-0.1, -0.05) is 0 Å². The molecule has 1 aliphatic rings. The van der Waals surface area contributed by atoms with Crippen LogP contribution in [0.2, 0.25) is 0 Å². The van der Waals surface area contributed by atoms with E-state index >= 15 is 0 Å². The van der Waals surface area contributed by atoms with Crippen LogP contribution in [0, 0.1) is 0 Å². The van der Waals surface area contributed by atoms with Crippen molar-refractivity contribution in [3.63, 3.8) is 0 Å². The first kappa shape index (κ1) is 19.4. The lowest BCUT2D eigenvalue weighted by atomic mass is 10.1. The van der Waals surface area contributed by atoms with E-state index in [4.69, 9.17) is 11.5 Å². The Labute approximate surface area is 89.6 Å². The minimum absolute atomic E-state index is 0. The van der Waals surface area contributed by atoms with Gasteiger partial charge in [0.1, 0.15) is 0 Å². The molecule has 4 nitrogen and oxygen atoms in total. The van der Waals surface area contributed by atoms with Crippen LogP contribution < -0.4 is 22.5 Å². The Kier molecular flexibility index (Phi) is 17.8. The van der Waals surface area contributed by atoms with Gasteiger partial charge in [-0.25, -0.2) is 0 Å². The fourth-order valence-electron chi connectivity index (χ4n) is 0.0962. The third kappa shape index (κ3) is 172. The van der Waals surface area contributed by atoms with E-state index in [1.165, 1.54) is 19.9 Å². The lowest BCUT2D eigenvalue weighted by molar-refractivity contribution is 0.580. The van der Waals surface area contributed by atoms with E-state index in [2.05, 4.69) is 11.1 Å². The van der Waals surface area contributed by atoms with E-state index in [0.717, 1.165) is 0 Å². The van der Waals surface area contributed by atoms with E-state index in [0.29, 0.717) is 6.04 Å². The summed E-state index contributed by atoms with van der Waals surface area (Å²) in [4.78, 5) is 0. The van der Waals surface area contributed by atoms with Gasteiger partial charge in [0.25, 0.3) is 0 Å². The average molecular weight is 206 g/mol. The Balaban J connectivity index is -0.000000122. The summed E-state index contributed by atoms with van der Waals surface area (Å²) >= 11 is 0. The number of nitrogens with two attached hydrogens (primary N) is 3. The molecule has 1 rings (SSSR count). The maximum absolute atomic E-state index is 5.35. The zero-order chi connectivity index (χ0) is 12.2. The smallest absolute Gasteiger partial charge is 0.00686 e. The number of nitrogens with one attached hydrogen (secondary N) is 1. The van der Waals surface area contributed by atoms with E-state index in [9.17, 15) is 0 Å². The minimum atomic E-state index is 0. The highest BCUT2D eigenvalue weighted by Gasteiger charge is 2.13. The Morgan fingerprint density at radius 1 is 1.07 bits per heavy atom. The van der Waals surface area contributed by atoms with Crippen molar-refractivity contribution in [3.8, 4) is 0 Å². The normalized spacial score (nSPS) is 13.5. The van der Waals surface area contributed by atoms with Crippen molar-refractivity contribution in [1.82, 2.24) is 5.32 Å². The van der Waals surface area contributed by atoms with Gasteiger partial charge in [0.2, 0.25) is 0 Å². The van der Waals surface area contributed by atoms with Crippen molar-refractivity contribution < 1.29 is 0 Å². The summed E-state index contributed by atoms with van der Waals surface area (Å²) in [6.45, 7) is 5.90. The molecule has 7 N–H and O–H groups in total. The molecule has 90 valence electrons. The lowest BCUT2D eigenvalue weighted by Gasteiger charge is -2.06. The Morgan fingerprint density at radius 3 is 1.14 bits per heavy atom. The number of hydrogen-bond acceptors (Lipinski definition) is 4. The van der Waals surface area contributed by atoms with E-state index < -0.39 is 0 Å². The SMILES string of the molecule is CC(C)(C)N.CN.CNC.NC1CC1. The molecule has 14 heavy (non-hydrogen) atoms. The maximum Gasteiger partial charge on any atom is 0.00686 e. The molecule has 0 unspecified atom stereocenters. The van der Waals surface area contributed by atoms with Crippen LogP contribution in [0.4, 0.5) is 0 Å². The quantitative estimate of drug-likeness (QED) is 0.458. The summed E-state index contributed by atoms with van der Waals surface area (Å²) in [5, 5.41) is 2.75. The third-order valence-electron chi connectivity index (χ3n) is 0.622. The summed E-state index contributed by atoms with van der Waals surface area (Å²) in [7, 11) is 5.25. The van der Waals surface area contributed by atoms with Crippen LogP contribution in [0.15, 0.2) is 0 Å². The van der Waals surface area contributed by atoms with Crippen molar-refractivity contribution in [2.75, 3.05) is 21.1 Å². The van der Waals surface area contributed by atoms with Crippen molar-refractivity contribution >= 4 is 0 Å². The van der Waals surface area contributed by atoms with E-state index in [1.807, 2.05) is 34.9 Å². The Morgan fingerprint density at radius 2 is 1.14 bits per heavy atom. The first-order valence-electron chi connectivity index (χ1n) is 5.02. The molecule has 0 saturated heterocycles. The van der Waals surface area contributed by atoms with Crippen LogP contribution in [0.25, 0.3) is 0 Å². The first-order chi connectivity index (χ1) is 6.31. The molecule has 0 amide bonds. The van der Waals surface area contributed by atoms with Crippen LogP contribution in [0.5, 0.6) is 0 Å². The second-order valence-corrected chi connectivity index (χ2v) is 4.20. The molecule has 0 aromatic carbocycles. The standard InChI is InChI=1S/C4H11N.C3H7N.C2H7N.CH5N/c1-4(2,3)5;4-3-1-2-3;1-3-2;1-2/h5H2,1-3H3;3H,1-2,4H2;3H,1-2H3;2H2,1H3. The second-order valence-electron chi connectivity index (χ2n) is 4.20. The number of rotatable bonds is 0. The molecule has 1 saturated carbocycles. The minimum Gasteiger partial charge on any atom is -0.333 e. The summed E-state index contributed by atoms with van der Waals surface area (Å²) < 4.78 is 0. The molecule has 0 spiro atoms. The van der Waals surface area contributed by atoms with Crippen LogP contribution in [0.3, 0.4) is 0 Å². The summed E-state index contributed by atoms with van der Waals surface area (Å²) in [5.41, 5.74) is 15.1. The zero-order valence-corrected chi connectivity index (χ0v) is 10.7. The van der Waals surface area contributed by atoms with Gasteiger partial charge in [0.15, 0.2) is 0 Å². The topological polar surface area (TPSA) is 90.1 Å². The van der Waals surface area contributed by atoms with Crippen LogP contribution in [-0.2, 0) is 0 Å². The molecule has 1 aliphatic carbocycles. The molecule has 4 heteroatoms. The van der Waals surface area contributed by atoms with Gasteiger partial charge < -0.3 is 22.5 Å². The molecule has 0 bridgehead atoms. The van der Waals surface area contributed by atoms with Crippen LogP contribution in [0.1, 0.15) is 33.6 Å². The van der Waals surface area contributed by atoms with Crippen molar-refractivity contribution in [3.05, 3.63) is 0 Å². The highest BCUT2D eigenvalue weighted by Crippen LogP contribution is 2.13. The maximum atomic E-state index is 5.35. The fraction of sp³-hybridized carbons (Fsp3) is 1.00. The fourth-order valence-corrected chi connectivity index (χ4v) is 0.0962. The van der Waals surface area contributed by atoms with Crippen molar-refractivity contribution in [1.29, 1.82) is 0 Å². The van der Waals surface area contributed by atoms with Gasteiger partial charge in [0, 0.05) is 11.6 Å². The molecule has 0 aromatic rings. The van der Waals surface area contributed by atoms with Gasteiger partial charge in [-0.2, -0.15) is 0 Å². The largest absolute Gasteiger partial charge is 0.333 e. The van der Waals surface area contributed by atoms with Gasteiger partial charge in [-0.15, -0.1) is 0 Å². The Hall–Kier alpha value is -0.160. The second kappa shape index (κ2) is 12.8. The van der Waals surface area contributed by atoms with Crippen molar-refractivity contribution in [2.24, 2.45) is 17.2 Å². The third-order valence-corrected chi connectivity index (χ3v) is 0.622. The summed E-state index contributed by atoms with van der Waals surface area (Å²) in [6.07, 6.45) is 2.53. The number of hydrogen-bond donors (Lipinski definition) is 4. The van der Waals surface area contributed by atoms with E-state index in [1.54, 1.807) is 0 Å². The summed E-state index contributed by atoms with van der Waals surface area (Å²) in [6, 6.07) is 0.583. The van der Waals surface area contributed by atoms with Gasteiger partial charge >= 0.3 is 0 Å². The molecule has 0 heterocycles. The van der Waals surface area contributed by atoms with Gasteiger partial charge in [-0.3, -0.25) is 0 Å². The van der Waals surface area contributed by atoms with Crippen LogP contribution in [-0.4, -0.2) is 32.7 Å². The van der Waals surface area contributed by atoms with E-state index in [-0.39, 0.29) is 5.54 Å². The molecular weight excluding hydrogens is 176 g/mol. The highest BCUT2D eigenvalue weighted by atomic mass is 14.7. The molecule has 0 aliphatic heterocycles. The molecular formula is C10H30N4. The predicted molar refractivity (Wildman–Crippen MR) is 66.2 cm³/mol. The molecule has 0 radical (unpaired) electrons. The summed E-state index contributed by atoms with van der Waals surface area (Å²) in [5.74, 6) is 0. The zero-order valence-electron chi connectivity index (χ0n) is 10.7. The molecule has 0 aromatic heterocycles. The van der Waals surface area contributed by atoms with Gasteiger partial charge in [0.05, 0.1) is 0 Å². The molecule has 1 fully saturated rings. The first-order valence-corrected chi connectivity index (χ1v) is 5.02. The highest BCUT2D eigenvalue weighted by molar-refractivity contribution is 4.75. The van der Waals surface area contributed by atoms with Crippen molar-refractivity contribution in [2.45, 2.75) is 45.2 Å². The average Bonchev–Trinajstić information content (AvgIpc) is 2.74. The molecule has 0 atom stereocenters. The predicted octanol–water partition coefficient (Wildman–Crippen LogP) is 0.262. The van der Waals surface area contributed by atoms with Crippen LogP contribution >= 0.6 is 0 Å². The van der Waals surface area contributed by atoms with Gasteiger partial charge in [-0.05, 0) is 54.8 Å². The lowest BCUT2D eigenvalue weighted by Crippen LogP contribution is -2.26. The monoisotopic (exact) mass is 206 g/mol.